The van der Waals surface area contributed by atoms with Gasteiger partial charge >= 0.3 is 0 Å². The molecule has 0 saturated heterocycles. The van der Waals surface area contributed by atoms with Crippen molar-refractivity contribution < 1.29 is 0 Å². The van der Waals surface area contributed by atoms with Gasteiger partial charge in [0.05, 0.1) is 10.6 Å². The zero-order chi connectivity index (χ0) is 9.73. The molecule has 1 nitrogen and oxygen atoms in total. The van der Waals surface area contributed by atoms with Crippen LogP contribution in [0.2, 0.25) is 0 Å². The second-order valence-electron chi connectivity index (χ2n) is 4.37. The number of thioether (sulfide) groups is 1. The van der Waals surface area contributed by atoms with Crippen LogP contribution in [0.1, 0.15) is 52.9 Å². The maximum absolute atomic E-state index is 4.77. The van der Waals surface area contributed by atoms with Crippen molar-refractivity contribution in [1.29, 1.82) is 0 Å². The van der Waals surface area contributed by atoms with Gasteiger partial charge < -0.3 is 0 Å². The topological polar surface area (TPSA) is 12.4 Å². The lowest BCUT2D eigenvalue weighted by Crippen LogP contribution is -2.23. The quantitative estimate of drug-likeness (QED) is 0.626. The van der Waals surface area contributed by atoms with Crippen molar-refractivity contribution in [2.75, 3.05) is 5.75 Å². The Morgan fingerprint density at radius 3 is 2.77 bits per heavy atom. The summed E-state index contributed by atoms with van der Waals surface area (Å²) in [6.45, 7) is 6.73. The molecule has 0 aliphatic carbocycles. The maximum Gasteiger partial charge on any atom is 0.0682 e. The molecular weight excluding hydrogens is 178 g/mol. The van der Waals surface area contributed by atoms with E-state index in [0.717, 1.165) is 0 Å². The van der Waals surface area contributed by atoms with Crippen LogP contribution in [-0.2, 0) is 0 Å². The normalized spacial score (nSPS) is 21.3. The average Bonchev–Trinajstić information content (AvgIpc) is 2.03. The van der Waals surface area contributed by atoms with Crippen molar-refractivity contribution in [2.24, 2.45) is 4.99 Å². The van der Waals surface area contributed by atoms with Gasteiger partial charge in [-0.2, -0.15) is 0 Å². The van der Waals surface area contributed by atoms with E-state index >= 15 is 0 Å². The summed E-state index contributed by atoms with van der Waals surface area (Å²) in [6, 6.07) is 0. The van der Waals surface area contributed by atoms with Gasteiger partial charge in [0.25, 0.3) is 0 Å². The van der Waals surface area contributed by atoms with Gasteiger partial charge in [0, 0.05) is 5.75 Å². The van der Waals surface area contributed by atoms with Crippen LogP contribution in [0.4, 0.5) is 0 Å². The summed E-state index contributed by atoms with van der Waals surface area (Å²) in [5, 5.41) is 1.39. The van der Waals surface area contributed by atoms with Crippen LogP contribution in [0.3, 0.4) is 0 Å². The van der Waals surface area contributed by atoms with Gasteiger partial charge in [0.15, 0.2) is 0 Å². The lowest BCUT2D eigenvalue weighted by Gasteiger charge is -2.26. The van der Waals surface area contributed by atoms with Crippen molar-refractivity contribution in [1.82, 2.24) is 0 Å². The highest BCUT2D eigenvalue weighted by molar-refractivity contribution is 8.14. The van der Waals surface area contributed by atoms with E-state index in [1.807, 2.05) is 11.8 Å². The molecule has 0 saturated carbocycles. The van der Waals surface area contributed by atoms with E-state index in [1.54, 1.807) is 0 Å². The molecule has 1 aliphatic heterocycles. The van der Waals surface area contributed by atoms with Crippen LogP contribution in [0, 0.1) is 0 Å². The third kappa shape index (κ3) is 4.17. The minimum absolute atomic E-state index is 0.215. The van der Waals surface area contributed by atoms with E-state index in [-0.39, 0.29) is 5.54 Å². The summed E-state index contributed by atoms with van der Waals surface area (Å²) in [5.41, 5.74) is 0.215. The van der Waals surface area contributed by atoms with E-state index in [9.17, 15) is 0 Å². The monoisotopic (exact) mass is 199 g/mol. The molecule has 0 aromatic heterocycles. The van der Waals surface area contributed by atoms with E-state index in [4.69, 9.17) is 4.99 Å². The lowest BCUT2D eigenvalue weighted by molar-refractivity contribution is 0.505. The molecule has 76 valence electrons. The van der Waals surface area contributed by atoms with Crippen molar-refractivity contribution in [2.45, 2.75) is 58.4 Å². The summed E-state index contributed by atoms with van der Waals surface area (Å²) in [6.07, 6.45) is 6.41. The van der Waals surface area contributed by atoms with Gasteiger partial charge in [-0.3, -0.25) is 4.99 Å². The number of rotatable bonds is 4. The molecule has 0 aromatic rings. The van der Waals surface area contributed by atoms with Gasteiger partial charge in [-0.15, -0.1) is 11.8 Å². The molecule has 0 unspecified atom stereocenters. The molecule has 0 atom stereocenters. The first-order chi connectivity index (χ1) is 6.14. The number of unbranched alkanes of at least 4 members (excludes halogenated alkanes) is 2. The van der Waals surface area contributed by atoms with E-state index < -0.39 is 0 Å². The Labute approximate surface area is 86.4 Å². The number of aliphatic imine (C=N–C) groups is 1. The molecule has 1 heterocycles. The first kappa shape index (κ1) is 11.1. The minimum atomic E-state index is 0.215. The van der Waals surface area contributed by atoms with Gasteiger partial charge in [0.1, 0.15) is 0 Å². The van der Waals surface area contributed by atoms with Crippen LogP contribution in [-0.4, -0.2) is 16.3 Å². The Morgan fingerprint density at radius 2 is 2.15 bits per heavy atom. The SMILES string of the molecule is CCCCCC1=NC(C)(C)CCS1. The third-order valence-corrected chi connectivity index (χ3v) is 3.44. The summed E-state index contributed by atoms with van der Waals surface area (Å²) >= 11 is 1.97. The van der Waals surface area contributed by atoms with E-state index in [2.05, 4.69) is 20.8 Å². The van der Waals surface area contributed by atoms with Gasteiger partial charge in [-0.1, -0.05) is 19.8 Å². The van der Waals surface area contributed by atoms with Crippen LogP contribution >= 0.6 is 11.8 Å². The number of hydrogen-bond acceptors (Lipinski definition) is 2. The lowest BCUT2D eigenvalue weighted by atomic mass is 10.0. The van der Waals surface area contributed by atoms with E-state index in [1.165, 1.54) is 42.9 Å². The van der Waals surface area contributed by atoms with E-state index in [0.29, 0.717) is 0 Å². The molecule has 0 fully saturated rings. The van der Waals surface area contributed by atoms with Crippen LogP contribution in [0.25, 0.3) is 0 Å². The number of hydrogen-bond donors (Lipinski definition) is 0. The summed E-state index contributed by atoms with van der Waals surface area (Å²) in [5.74, 6) is 1.26. The predicted octanol–water partition coefficient (Wildman–Crippen LogP) is 3.88. The molecule has 0 aromatic carbocycles. The Bertz CT molecular complexity index is 185. The highest BCUT2D eigenvalue weighted by Gasteiger charge is 2.21. The first-order valence-corrected chi connectivity index (χ1v) is 6.34. The first-order valence-electron chi connectivity index (χ1n) is 5.35. The molecule has 0 N–H and O–H groups in total. The average molecular weight is 199 g/mol. The largest absolute Gasteiger partial charge is 0.277 e. The second-order valence-corrected chi connectivity index (χ2v) is 5.54. The Morgan fingerprint density at radius 1 is 1.38 bits per heavy atom. The van der Waals surface area contributed by atoms with Gasteiger partial charge in [-0.05, 0) is 33.1 Å². The standard InChI is InChI=1S/C11H21NS/c1-4-5-6-7-10-12-11(2,3)8-9-13-10/h4-9H2,1-3H3. The Kier molecular flexibility index (Phi) is 4.30. The maximum atomic E-state index is 4.77. The third-order valence-electron chi connectivity index (χ3n) is 2.40. The number of nitrogens with zero attached hydrogens (tertiary/aromatic N) is 1. The van der Waals surface area contributed by atoms with Crippen molar-refractivity contribution >= 4 is 16.8 Å². The summed E-state index contributed by atoms with van der Waals surface area (Å²) in [4.78, 5) is 4.77. The van der Waals surface area contributed by atoms with Gasteiger partial charge in [-0.25, -0.2) is 0 Å². The fourth-order valence-corrected chi connectivity index (χ4v) is 2.94. The van der Waals surface area contributed by atoms with Crippen molar-refractivity contribution in [3.63, 3.8) is 0 Å². The van der Waals surface area contributed by atoms with Crippen LogP contribution in [0.15, 0.2) is 4.99 Å². The highest BCUT2D eigenvalue weighted by atomic mass is 32.2. The van der Waals surface area contributed by atoms with Crippen molar-refractivity contribution in [3.05, 3.63) is 0 Å². The smallest absolute Gasteiger partial charge is 0.0682 e. The van der Waals surface area contributed by atoms with Crippen molar-refractivity contribution in [3.8, 4) is 0 Å². The zero-order valence-corrected chi connectivity index (χ0v) is 9.91. The fraction of sp³-hybridized carbons (Fsp3) is 0.909. The molecule has 1 rings (SSSR count). The van der Waals surface area contributed by atoms with Crippen LogP contribution < -0.4 is 0 Å². The predicted molar refractivity (Wildman–Crippen MR) is 62.7 cm³/mol. The van der Waals surface area contributed by atoms with Crippen LogP contribution in [0.5, 0.6) is 0 Å². The highest BCUT2D eigenvalue weighted by Crippen LogP contribution is 2.27. The Hall–Kier alpha value is 0.0200. The molecule has 1 aliphatic rings. The zero-order valence-electron chi connectivity index (χ0n) is 9.10. The summed E-state index contributed by atoms with van der Waals surface area (Å²) in [7, 11) is 0. The molecule has 13 heavy (non-hydrogen) atoms. The second kappa shape index (κ2) is 5.04. The molecule has 0 bridgehead atoms. The van der Waals surface area contributed by atoms with Gasteiger partial charge in [0.2, 0.25) is 0 Å². The summed E-state index contributed by atoms with van der Waals surface area (Å²) < 4.78 is 0. The molecular formula is C11H21NS. The molecule has 0 spiro atoms. The molecule has 0 radical (unpaired) electrons. The Balaban J connectivity index is 2.36. The molecule has 2 heteroatoms. The minimum Gasteiger partial charge on any atom is -0.277 e. The molecule has 0 amide bonds. The fourth-order valence-electron chi connectivity index (χ4n) is 1.50.